The quantitative estimate of drug-likeness (QED) is 0.593. The van der Waals surface area contributed by atoms with Gasteiger partial charge in [0.25, 0.3) is 11.5 Å². The maximum absolute atomic E-state index is 12.9. The fraction of sp³-hybridized carbons (Fsp3) is 0. The summed E-state index contributed by atoms with van der Waals surface area (Å²) >= 11 is 0. The Morgan fingerprint density at radius 3 is 2.67 bits per heavy atom. The second kappa shape index (κ2) is 5.23. The van der Waals surface area contributed by atoms with Gasteiger partial charge in [0.05, 0.1) is 6.20 Å². The van der Waals surface area contributed by atoms with E-state index in [1.807, 2.05) is 0 Å². The van der Waals surface area contributed by atoms with Crippen LogP contribution < -0.4 is 11.0 Å². The van der Waals surface area contributed by atoms with Crippen molar-refractivity contribution in [3.05, 3.63) is 70.5 Å². The molecule has 0 fully saturated rings. The SMILES string of the molecule is O=C(Nn1ccc2c(nnc3ccnn32)c1=O)c1ccc(F)cc1. The summed E-state index contributed by atoms with van der Waals surface area (Å²) in [6.07, 6.45) is 2.94. The number of carbonyl (C=O) groups is 1. The van der Waals surface area contributed by atoms with Crippen LogP contribution in [0.2, 0.25) is 0 Å². The van der Waals surface area contributed by atoms with Crippen LogP contribution in [0.4, 0.5) is 4.39 Å². The van der Waals surface area contributed by atoms with E-state index in [1.54, 1.807) is 18.3 Å². The van der Waals surface area contributed by atoms with Gasteiger partial charge < -0.3 is 0 Å². The lowest BCUT2D eigenvalue weighted by molar-refractivity contribution is 0.101. The van der Waals surface area contributed by atoms with E-state index in [2.05, 4.69) is 20.7 Å². The second-order valence-electron chi connectivity index (χ2n) is 4.97. The average molecular weight is 324 g/mol. The molecule has 4 rings (SSSR count). The highest BCUT2D eigenvalue weighted by Crippen LogP contribution is 2.08. The highest BCUT2D eigenvalue weighted by atomic mass is 19.1. The number of hydrogen-bond donors (Lipinski definition) is 1. The minimum Gasteiger partial charge on any atom is -0.267 e. The zero-order valence-corrected chi connectivity index (χ0v) is 12.0. The van der Waals surface area contributed by atoms with Gasteiger partial charge in [-0.25, -0.2) is 13.6 Å². The Balaban J connectivity index is 1.76. The first-order valence-corrected chi connectivity index (χ1v) is 6.92. The molecule has 3 aromatic heterocycles. The number of halogens is 1. The summed E-state index contributed by atoms with van der Waals surface area (Å²) in [7, 11) is 0. The van der Waals surface area contributed by atoms with Gasteiger partial charge >= 0.3 is 0 Å². The summed E-state index contributed by atoms with van der Waals surface area (Å²) in [5.41, 5.74) is 3.14. The predicted octanol–water partition coefficient (Wildman–Crippen LogP) is 0.962. The third-order valence-corrected chi connectivity index (χ3v) is 3.48. The Kier molecular flexibility index (Phi) is 3.05. The van der Waals surface area contributed by atoms with Crippen LogP contribution >= 0.6 is 0 Å². The van der Waals surface area contributed by atoms with Crippen LogP contribution in [0.5, 0.6) is 0 Å². The zero-order chi connectivity index (χ0) is 16.7. The number of nitrogens with zero attached hydrogens (tertiary/aromatic N) is 5. The summed E-state index contributed by atoms with van der Waals surface area (Å²) in [6, 6.07) is 8.23. The number of hydrogen-bond acceptors (Lipinski definition) is 5. The summed E-state index contributed by atoms with van der Waals surface area (Å²) in [6.45, 7) is 0. The Morgan fingerprint density at radius 1 is 1.08 bits per heavy atom. The Bertz CT molecular complexity index is 1130. The number of benzene rings is 1. The highest BCUT2D eigenvalue weighted by molar-refractivity contribution is 6.00. The molecular weight excluding hydrogens is 315 g/mol. The Hall–Kier alpha value is -3.62. The van der Waals surface area contributed by atoms with Crippen LogP contribution in [0, 0.1) is 5.82 Å². The lowest BCUT2D eigenvalue weighted by atomic mass is 10.2. The molecule has 0 radical (unpaired) electrons. The van der Waals surface area contributed by atoms with E-state index in [1.165, 1.54) is 22.8 Å². The second-order valence-corrected chi connectivity index (χ2v) is 4.97. The molecule has 4 aromatic rings. The van der Waals surface area contributed by atoms with Crippen molar-refractivity contribution in [1.82, 2.24) is 24.5 Å². The molecule has 0 spiro atoms. The van der Waals surface area contributed by atoms with Crippen molar-refractivity contribution in [3.63, 3.8) is 0 Å². The van der Waals surface area contributed by atoms with Crippen LogP contribution in [-0.4, -0.2) is 30.4 Å². The van der Waals surface area contributed by atoms with Crippen molar-refractivity contribution in [1.29, 1.82) is 0 Å². The lowest BCUT2D eigenvalue weighted by Gasteiger charge is -2.09. The fourth-order valence-corrected chi connectivity index (χ4v) is 2.30. The van der Waals surface area contributed by atoms with Crippen molar-refractivity contribution in [3.8, 4) is 0 Å². The first-order valence-electron chi connectivity index (χ1n) is 6.92. The number of nitrogens with one attached hydrogen (secondary N) is 1. The Labute approximate surface area is 133 Å². The van der Waals surface area contributed by atoms with E-state index in [9.17, 15) is 14.0 Å². The van der Waals surface area contributed by atoms with Crippen LogP contribution in [0.3, 0.4) is 0 Å². The maximum Gasteiger partial charge on any atom is 0.299 e. The van der Waals surface area contributed by atoms with E-state index < -0.39 is 17.3 Å². The first-order chi connectivity index (χ1) is 11.6. The summed E-state index contributed by atoms with van der Waals surface area (Å²) in [5, 5.41) is 11.9. The smallest absolute Gasteiger partial charge is 0.267 e. The average Bonchev–Trinajstić information content (AvgIpc) is 3.07. The number of pyridine rings is 1. The fourth-order valence-electron chi connectivity index (χ4n) is 2.30. The number of carbonyl (C=O) groups excluding carboxylic acids is 1. The van der Waals surface area contributed by atoms with Gasteiger partial charge in [-0.3, -0.25) is 15.0 Å². The number of aromatic nitrogens is 5. The van der Waals surface area contributed by atoms with Gasteiger partial charge in [0.2, 0.25) is 0 Å². The molecule has 1 N–H and O–H groups in total. The molecule has 0 bridgehead atoms. The molecule has 3 heterocycles. The largest absolute Gasteiger partial charge is 0.299 e. The zero-order valence-electron chi connectivity index (χ0n) is 12.0. The van der Waals surface area contributed by atoms with Gasteiger partial charge in [-0.2, -0.15) is 5.10 Å². The number of fused-ring (bicyclic) bond motifs is 3. The number of rotatable bonds is 2. The van der Waals surface area contributed by atoms with Crippen molar-refractivity contribution in [2.45, 2.75) is 0 Å². The summed E-state index contributed by atoms with van der Waals surface area (Å²) < 4.78 is 15.4. The molecule has 0 aliphatic heterocycles. The van der Waals surface area contributed by atoms with Gasteiger partial charge in [-0.1, -0.05) is 0 Å². The van der Waals surface area contributed by atoms with Crippen molar-refractivity contribution >= 4 is 22.6 Å². The van der Waals surface area contributed by atoms with Crippen molar-refractivity contribution < 1.29 is 9.18 Å². The summed E-state index contributed by atoms with van der Waals surface area (Å²) in [4.78, 5) is 24.6. The van der Waals surface area contributed by atoms with Gasteiger partial charge in [0.15, 0.2) is 11.2 Å². The Morgan fingerprint density at radius 2 is 1.88 bits per heavy atom. The lowest BCUT2D eigenvalue weighted by Crippen LogP contribution is -2.33. The van der Waals surface area contributed by atoms with Gasteiger partial charge in [-0.15, -0.1) is 10.2 Å². The van der Waals surface area contributed by atoms with Crippen molar-refractivity contribution in [2.75, 3.05) is 5.43 Å². The predicted molar refractivity (Wildman–Crippen MR) is 82.6 cm³/mol. The normalized spacial score (nSPS) is 11.0. The number of amides is 1. The van der Waals surface area contributed by atoms with Gasteiger partial charge in [0, 0.05) is 17.8 Å². The third kappa shape index (κ3) is 2.19. The topological polar surface area (TPSA) is 94.2 Å². The molecule has 24 heavy (non-hydrogen) atoms. The molecule has 8 nitrogen and oxygen atoms in total. The molecule has 0 saturated carbocycles. The van der Waals surface area contributed by atoms with E-state index in [0.717, 1.165) is 16.8 Å². The van der Waals surface area contributed by atoms with Gasteiger partial charge in [-0.05, 0) is 30.3 Å². The highest BCUT2D eigenvalue weighted by Gasteiger charge is 2.12. The molecule has 1 aromatic carbocycles. The van der Waals surface area contributed by atoms with Crippen LogP contribution in [-0.2, 0) is 0 Å². The van der Waals surface area contributed by atoms with Crippen molar-refractivity contribution in [2.24, 2.45) is 0 Å². The molecular formula is C15H9FN6O2. The van der Waals surface area contributed by atoms with Crippen LogP contribution in [0.25, 0.3) is 16.7 Å². The van der Waals surface area contributed by atoms with Crippen LogP contribution in [0.15, 0.2) is 53.6 Å². The molecule has 0 saturated heterocycles. The molecule has 0 aliphatic carbocycles. The monoisotopic (exact) mass is 324 g/mol. The molecule has 1 amide bonds. The van der Waals surface area contributed by atoms with E-state index in [4.69, 9.17) is 0 Å². The first kappa shape index (κ1) is 14.0. The molecule has 9 heteroatoms. The van der Waals surface area contributed by atoms with E-state index in [-0.39, 0.29) is 11.1 Å². The third-order valence-electron chi connectivity index (χ3n) is 3.48. The van der Waals surface area contributed by atoms with Crippen LogP contribution in [0.1, 0.15) is 10.4 Å². The molecule has 0 aliphatic rings. The maximum atomic E-state index is 12.9. The standard InChI is InChI=1S/C15H9FN6O2/c16-10-3-1-9(2-4-10)14(23)20-21-8-6-11-13(15(21)24)19-18-12-5-7-17-22(11)12/h1-8H,(H,20,23). The van der Waals surface area contributed by atoms with Gasteiger partial charge in [0.1, 0.15) is 11.3 Å². The molecule has 0 unspecified atom stereocenters. The minimum absolute atomic E-state index is 0.0631. The molecule has 118 valence electrons. The summed E-state index contributed by atoms with van der Waals surface area (Å²) in [5.74, 6) is -1.00. The molecule has 0 atom stereocenters. The van der Waals surface area contributed by atoms with E-state index >= 15 is 0 Å². The minimum atomic E-state index is -0.551. The van der Waals surface area contributed by atoms with E-state index in [0.29, 0.717) is 11.2 Å².